The van der Waals surface area contributed by atoms with Gasteiger partial charge >= 0.3 is 51.4 Å². The van der Waals surface area contributed by atoms with E-state index in [-0.39, 0.29) is 51.4 Å². The maximum Gasteiger partial charge on any atom is 1.00 e. The molecule has 3 nitrogen and oxygen atoms in total. The van der Waals surface area contributed by atoms with Gasteiger partial charge in [-0.2, -0.15) is 0 Å². The predicted molar refractivity (Wildman–Crippen MR) is 26.8 cm³/mol. The number of carboxylic acid groups (broad SMARTS) is 1. The molecule has 0 aliphatic carbocycles. The fraction of sp³-hybridized carbons (Fsp3) is 0.500. The van der Waals surface area contributed by atoms with Gasteiger partial charge in [0.2, 0.25) is 0 Å². The number of carbonyl (C=O) groups is 1. The minimum absolute atomic E-state index is 0. The Morgan fingerprint density at radius 3 is 1.78 bits per heavy atom. The van der Waals surface area contributed by atoms with E-state index in [9.17, 15) is 9.90 Å². The Bertz CT molecular complexity index is 99.7. The van der Waals surface area contributed by atoms with Crippen molar-refractivity contribution < 1.29 is 66.0 Å². The molecule has 0 N–H and O–H groups in total. The molecule has 0 heterocycles. The second kappa shape index (κ2) is 5.43. The van der Waals surface area contributed by atoms with Gasteiger partial charge in [0, 0.05) is 0 Å². The molecule has 0 aromatic rings. The van der Waals surface area contributed by atoms with Crippen LogP contribution in [-0.4, -0.2) is 10.1 Å². The van der Waals surface area contributed by atoms with Crippen LogP contribution in [0.3, 0.4) is 0 Å². The van der Waals surface area contributed by atoms with Crippen molar-refractivity contribution in [3.63, 3.8) is 0 Å². The normalized spacial score (nSPS) is 9.67. The molecular weight excluding hydrogens is 217 g/mol. The predicted octanol–water partition coefficient (Wildman–Crippen LogP) is -2.32. The van der Waals surface area contributed by atoms with Crippen molar-refractivity contribution in [2.45, 2.75) is 3.98 Å². The smallest absolute Gasteiger partial charge is 0.503 e. The van der Waals surface area contributed by atoms with E-state index in [0.717, 1.165) is 0 Å². The third-order valence-corrected chi connectivity index (χ3v) is 0.431. The summed E-state index contributed by atoms with van der Waals surface area (Å²) < 4.78 is 1.32. The second-order valence-electron chi connectivity index (χ2n) is 0.798. The summed E-state index contributed by atoms with van der Waals surface area (Å²) in [6, 6.07) is 0. The van der Waals surface area contributed by atoms with E-state index in [1.165, 1.54) is 0 Å². The number of rotatable bonds is 0. The quantitative estimate of drug-likeness (QED) is 0.260. The van der Waals surface area contributed by atoms with Crippen LogP contribution < -0.4 is 56.5 Å². The van der Waals surface area contributed by atoms with Crippen LogP contribution in [-0.2, 0) is 4.74 Å². The summed E-state index contributed by atoms with van der Waals surface area (Å²) in [6.45, 7) is 0. The number of hydrogen-bond acceptors (Lipinski definition) is 3. The summed E-state index contributed by atoms with van der Waals surface area (Å²) in [4.78, 5) is 9.43. The van der Waals surface area contributed by atoms with Crippen LogP contribution >= 0.6 is 34.8 Å². The van der Waals surface area contributed by atoms with E-state index in [2.05, 4.69) is 4.74 Å². The number of hydrogen-bond donors (Lipinski definition) is 0. The zero-order valence-electron chi connectivity index (χ0n) is 4.36. The molecule has 0 bridgehead atoms. The van der Waals surface area contributed by atoms with E-state index in [1.807, 2.05) is 0 Å². The molecular formula is C2Cl3KO3. The van der Waals surface area contributed by atoms with E-state index in [1.54, 1.807) is 0 Å². The first-order valence-electron chi connectivity index (χ1n) is 1.38. The first-order chi connectivity index (χ1) is 3.42. The van der Waals surface area contributed by atoms with Crippen molar-refractivity contribution in [1.82, 2.24) is 0 Å². The van der Waals surface area contributed by atoms with Crippen molar-refractivity contribution >= 4 is 41.0 Å². The Morgan fingerprint density at radius 1 is 1.44 bits per heavy atom. The van der Waals surface area contributed by atoms with Crippen molar-refractivity contribution in [3.8, 4) is 0 Å². The van der Waals surface area contributed by atoms with Gasteiger partial charge in [0.1, 0.15) is 0 Å². The summed E-state index contributed by atoms with van der Waals surface area (Å²) in [5.41, 5.74) is 0. The van der Waals surface area contributed by atoms with Gasteiger partial charge in [-0.1, -0.05) is 34.8 Å². The minimum Gasteiger partial charge on any atom is -0.503 e. The van der Waals surface area contributed by atoms with Crippen LogP contribution in [0.4, 0.5) is 4.79 Å². The van der Waals surface area contributed by atoms with Gasteiger partial charge in [0.15, 0.2) is 0 Å². The molecule has 0 radical (unpaired) electrons. The van der Waals surface area contributed by atoms with E-state index in [0.29, 0.717) is 0 Å². The molecule has 0 aromatic heterocycles. The summed E-state index contributed by atoms with van der Waals surface area (Å²) in [5.74, 6) is 0. The summed E-state index contributed by atoms with van der Waals surface area (Å²) in [6.07, 6.45) is -1.87. The van der Waals surface area contributed by atoms with E-state index < -0.39 is 10.1 Å². The molecule has 0 spiro atoms. The Hall–Kier alpha value is 1.78. The van der Waals surface area contributed by atoms with Gasteiger partial charge in [-0.05, 0) is 0 Å². The molecule has 0 aromatic carbocycles. The van der Waals surface area contributed by atoms with Crippen molar-refractivity contribution in [3.05, 3.63) is 0 Å². The fourth-order valence-electron chi connectivity index (χ4n) is 0.0945. The van der Waals surface area contributed by atoms with Gasteiger partial charge in [0.05, 0.1) is 0 Å². The Kier molecular flexibility index (Phi) is 8.07. The van der Waals surface area contributed by atoms with Crippen LogP contribution in [0, 0.1) is 0 Å². The maximum atomic E-state index is 9.43. The standard InChI is InChI=1S/C2HCl3O3.K/c3-2(4,5)8-1(6)7;/h(H,6,7);/q;+1/p-1. The van der Waals surface area contributed by atoms with Gasteiger partial charge in [-0.3, -0.25) is 0 Å². The first-order valence-corrected chi connectivity index (χ1v) is 2.52. The van der Waals surface area contributed by atoms with Gasteiger partial charge < -0.3 is 14.6 Å². The number of halogens is 3. The average Bonchev–Trinajstić information content (AvgIpc) is 1.21. The van der Waals surface area contributed by atoms with Gasteiger partial charge in [-0.25, -0.2) is 0 Å². The Balaban J connectivity index is 0. The summed E-state index contributed by atoms with van der Waals surface area (Å²) in [7, 11) is 0. The van der Waals surface area contributed by atoms with Crippen LogP contribution in [0.5, 0.6) is 0 Å². The number of alkyl halides is 3. The van der Waals surface area contributed by atoms with Crippen LogP contribution in [0.2, 0.25) is 0 Å². The molecule has 9 heavy (non-hydrogen) atoms. The third-order valence-electron chi connectivity index (χ3n) is 0.199. The average molecular weight is 217 g/mol. The minimum atomic E-state index is -2.22. The van der Waals surface area contributed by atoms with Gasteiger partial charge in [0.25, 0.3) is 10.1 Å². The molecule has 0 unspecified atom stereocenters. The zero-order valence-corrected chi connectivity index (χ0v) is 9.75. The molecule has 0 aliphatic rings. The first kappa shape index (κ1) is 13.4. The molecule has 0 saturated heterocycles. The monoisotopic (exact) mass is 216 g/mol. The number of ether oxygens (including phenoxy) is 1. The summed E-state index contributed by atoms with van der Waals surface area (Å²) in [5, 5.41) is 9.43. The largest absolute Gasteiger partial charge is 1.00 e. The second-order valence-corrected chi connectivity index (χ2v) is 2.97. The fourth-order valence-corrected chi connectivity index (χ4v) is 0.283. The van der Waals surface area contributed by atoms with Crippen molar-refractivity contribution in [2.75, 3.05) is 0 Å². The van der Waals surface area contributed by atoms with Crippen LogP contribution in [0.15, 0.2) is 0 Å². The van der Waals surface area contributed by atoms with Gasteiger partial charge in [-0.15, -0.1) is 0 Å². The van der Waals surface area contributed by atoms with Crippen LogP contribution in [0.25, 0.3) is 0 Å². The zero-order chi connectivity index (χ0) is 6.78. The molecule has 0 aliphatic heterocycles. The third kappa shape index (κ3) is 12.9. The molecule has 0 rings (SSSR count). The SMILES string of the molecule is O=C([O-])OC(Cl)(Cl)Cl.[K+]. The molecule has 0 fully saturated rings. The molecule has 48 valence electrons. The number of carbonyl (C=O) groups excluding carboxylic acids is 1. The topological polar surface area (TPSA) is 49.4 Å². The van der Waals surface area contributed by atoms with E-state index in [4.69, 9.17) is 34.8 Å². The van der Waals surface area contributed by atoms with Crippen LogP contribution in [0.1, 0.15) is 0 Å². The Morgan fingerprint density at radius 2 is 1.78 bits per heavy atom. The Labute approximate surface area is 109 Å². The van der Waals surface area contributed by atoms with E-state index >= 15 is 0 Å². The van der Waals surface area contributed by atoms with Crippen molar-refractivity contribution in [2.24, 2.45) is 0 Å². The van der Waals surface area contributed by atoms with Crippen molar-refractivity contribution in [1.29, 1.82) is 0 Å². The molecule has 0 amide bonds. The maximum absolute atomic E-state index is 9.43. The molecule has 0 saturated carbocycles. The molecule has 0 atom stereocenters. The summed E-state index contributed by atoms with van der Waals surface area (Å²) >= 11 is 14.4. The molecule has 7 heteroatoms.